The largest absolute Gasteiger partial charge is 0.322 e. The second kappa shape index (κ2) is 8.25. The molecule has 4 aromatic rings. The zero-order chi connectivity index (χ0) is 21.1. The van der Waals surface area contributed by atoms with Gasteiger partial charge in [-0.2, -0.15) is 0 Å². The predicted octanol–water partition coefficient (Wildman–Crippen LogP) is 6.25. The average Bonchev–Trinajstić information content (AvgIpc) is 2.75. The molecule has 4 rings (SSSR count). The molecule has 1 N–H and O–H groups in total. The molecule has 0 radical (unpaired) electrons. The van der Waals surface area contributed by atoms with E-state index in [9.17, 15) is 13.6 Å². The molecule has 3 aromatic carbocycles. The standard InChI is InChI=1S/C25H18F2N2O/c1-16-7-8-18(19-4-3-13-28-15-19)14-21(16)17-9-11-20(12-10-17)29-25(30)24-22(26)5-2-6-23(24)27/h2-15H,1H3,(H,29,30). The summed E-state index contributed by atoms with van der Waals surface area (Å²) in [5.41, 5.74) is 5.05. The van der Waals surface area contributed by atoms with E-state index in [0.29, 0.717) is 5.69 Å². The lowest BCUT2D eigenvalue weighted by Crippen LogP contribution is -2.15. The first-order valence-electron chi connectivity index (χ1n) is 9.40. The lowest BCUT2D eigenvalue weighted by Gasteiger charge is -2.11. The number of carbonyl (C=O) groups is 1. The number of anilines is 1. The van der Waals surface area contributed by atoms with Gasteiger partial charge in [-0.1, -0.05) is 36.4 Å². The van der Waals surface area contributed by atoms with E-state index < -0.39 is 23.1 Å². The molecule has 0 spiro atoms. The normalized spacial score (nSPS) is 10.6. The van der Waals surface area contributed by atoms with E-state index in [4.69, 9.17) is 0 Å². The Bertz CT molecular complexity index is 1190. The van der Waals surface area contributed by atoms with Gasteiger partial charge in [0.25, 0.3) is 5.91 Å². The Labute approximate surface area is 173 Å². The van der Waals surface area contributed by atoms with Crippen LogP contribution in [0.1, 0.15) is 15.9 Å². The summed E-state index contributed by atoms with van der Waals surface area (Å²) in [4.78, 5) is 16.4. The first-order valence-corrected chi connectivity index (χ1v) is 9.40. The van der Waals surface area contributed by atoms with Gasteiger partial charge in [-0.3, -0.25) is 9.78 Å². The van der Waals surface area contributed by atoms with Crippen molar-refractivity contribution in [3.63, 3.8) is 0 Å². The molecule has 0 aliphatic rings. The Hall–Kier alpha value is -3.86. The van der Waals surface area contributed by atoms with Crippen LogP contribution in [0.15, 0.2) is 85.2 Å². The summed E-state index contributed by atoms with van der Waals surface area (Å²) in [5, 5.41) is 2.54. The summed E-state index contributed by atoms with van der Waals surface area (Å²) in [6, 6.07) is 20.6. The summed E-state index contributed by atoms with van der Waals surface area (Å²) >= 11 is 0. The number of carbonyl (C=O) groups excluding carboxylic acids is 1. The number of halogens is 2. The van der Waals surface area contributed by atoms with Gasteiger partial charge in [0.15, 0.2) is 0 Å². The fourth-order valence-electron chi connectivity index (χ4n) is 3.29. The van der Waals surface area contributed by atoms with Crippen LogP contribution in [-0.4, -0.2) is 10.9 Å². The summed E-state index contributed by atoms with van der Waals surface area (Å²) in [7, 11) is 0. The molecule has 1 aromatic heterocycles. The fourth-order valence-corrected chi connectivity index (χ4v) is 3.29. The Kier molecular flexibility index (Phi) is 5.35. The molecule has 0 saturated heterocycles. The van der Waals surface area contributed by atoms with Gasteiger partial charge >= 0.3 is 0 Å². The van der Waals surface area contributed by atoms with E-state index in [1.54, 1.807) is 18.3 Å². The molecule has 0 fully saturated rings. The number of nitrogens with one attached hydrogen (secondary N) is 1. The molecule has 0 saturated carbocycles. The van der Waals surface area contributed by atoms with Crippen LogP contribution in [0.3, 0.4) is 0 Å². The van der Waals surface area contributed by atoms with Gasteiger partial charge in [-0.25, -0.2) is 8.78 Å². The Balaban J connectivity index is 1.59. The van der Waals surface area contributed by atoms with E-state index >= 15 is 0 Å². The van der Waals surface area contributed by atoms with Crippen molar-refractivity contribution in [2.24, 2.45) is 0 Å². The van der Waals surface area contributed by atoms with Crippen LogP contribution in [-0.2, 0) is 0 Å². The number of hydrogen-bond acceptors (Lipinski definition) is 2. The minimum absolute atomic E-state index is 0.451. The van der Waals surface area contributed by atoms with Gasteiger partial charge in [0.05, 0.1) is 0 Å². The number of amides is 1. The van der Waals surface area contributed by atoms with Gasteiger partial charge in [0, 0.05) is 23.6 Å². The maximum Gasteiger partial charge on any atom is 0.261 e. The predicted molar refractivity (Wildman–Crippen MR) is 114 cm³/mol. The average molecular weight is 400 g/mol. The second-order valence-corrected chi connectivity index (χ2v) is 6.90. The molecule has 0 bridgehead atoms. The van der Waals surface area contributed by atoms with Gasteiger partial charge in [0.2, 0.25) is 0 Å². The molecule has 148 valence electrons. The van der Waals surface area contributed by atoms with Crippen LogP contribution in [0.2, 0.25) is 0 Å². The van der Waals surface area contributed by atoms with Crippen LogP contribution >= 0.6 is 0 Å². The zero-order valence-electron chi connectivity index (χ0n) is 16.2. The Morgan fingerprint density at radius 1 is 0.833 bits per heavy atom. The van der Waals surface area contributed by atoms with Gasteiger partial charge < -0.3 is 5.32 Å². The maximum atomic E-state index is 13.8. The molecule has 3 nitrogen and oxygen atoms in total. The summed E-state index contributed by atoms with van der Waals surface area (Å²) < 4.78 is 27.6. The maximum absolute atomic E-state index is 13.8. The van der Waals surface area contributed by atoms with Crippen LogP contribution in [0.5, 0.6) is 0 Å². The molecule has 0 unspecified atom stereocenters. The Morgan fingerprint density at radius 3 is 2.20 bits per heavy atom. The fraction of sp³-hybridized carbons (Fsp3) is 0.0400. The third-order valence-corrected chi connectivity index (χ3v) is 4.88. The van der Waals surface area contributed by atoms with Crippen LogP contribution < -0.4 is 5.32 Å². The van der Waals surface area contributed by atoms with E-state index in [1.807, 2.05) is 49.5 Å². The molecule has 1 amide bonds. The monoisotopic (exact) mass is 400 g/mol. The molecule has 30 heavy (non-hydrogen) atoms. The number of aryl methyl sites for hydroxylation is 1. The van der Waals surface area contributed by atoms with Crippen molar-refractivity contribution >= 4 is 11.6 Å². The number of pyridine rings is 1. The number of benzene rings is 3. The minimum atomic E-state index is -0.896. The number of nitrogens with zero attached hydrogens (tertiary/aromatic N) is 1. The van der Waals surface area contributed by atoms with Crippen molar-refractivity contribution in [3.05, 3.63) is 108 Å². The van der Waals surface area contributed by atoms with Crippen molar-refractivity contribution in [3.8, 4) is 22.3 Å². The molecule has 0 aliphatic heterocycles. The van der Waals surface area contributed by atoms with Crippen LogP contribution in [0.4, 0.5) is 14.5 Å². The van der Waals surface area contributed by atoms with Crippen molar-refractivity contribution < 1.29 is 13.6 Å². The summed E-state index contributed by atoms with van der Waals surface area (Å²) in [6.45, 7) is 2.03. The van der Waals surface area contributed by atoms with Crippen molar-refractivity contribution in [2.45, 2.75) is 6.92 Å². The molecule has 1 heterocycles. The molecular weight excluding hydrogens is 382 g/mol. The lowest BCUT2D eigenvalue weighted by molar-refractivity contribution is 0.101. The van der Waals surface area contributed by atoms with Crippen molar-refractivity contribution in [1.29, 1.82) is 0 Å². The number of aromatic nitrogens is 1. The van der Waals surface area contributed by atoms with Crippen LogP contribution in [0, 0.1) is 18.6 Å². The zero-order valence-corrected chi connectivity index (χ0v) is 16.2. The molecule has 0 aliphatic carbocycles. The lowest BCUT2D eigenvalue weighted by atomic mass is 9.95. The first-order chi connectivity index (χ1) is 14.5. The van der Waals surface area contributed by atoms with Gasteiger partial charge in [-0.05, 0) is 65.6 Å². The summed E-state index contributed by atoms with van der Waals surface area (Å²) in [6.07, 6.45) is 3.55. The van der Waals surface area contributed by atoms with E-state index in [0.717, 1.165) is 39.9 Å². The van der Waals surface area contributed by atoms with E-state index in [-0.39, 0.29) is 0 Å². The highest BCUT2D eigenvalue weighted by molar-refractivity contribution is 6.04. The topological polar surface area (TPSA) is 42.0 Å². The second-order valence-electron chi connectivity index (χ2n) is 6.90. The molecule has 0 atom stereocenters. The number of rotatable bonds is 4. The highest BCUT2D eigenvalue weighted by atomic mass is 19.1. The van der Waals surface area contributed by atoms with Crippen LogP contribution in [0.25, 0.3) is 22.3 Å². The third-order valence-electron chi connectivity index (χ3n) is 4.88. The minimum Gasteiger partial charge on any atom is -0.322 e. The first kappa shape index (κ1) is 19.5. The number of hydrogen-bond donors (Lipinski definition) is 1. The molecule has 5 heteroatoms. The quantitative estimate of drug-likeness (QED) is 0.440. The summed E-state index contributed by atoms with van der Waals surface area (Å²) in [5.74, 6) is -2.62. The van der Waals surface area contributed by atoms with Gasteiger partial charge in [-0.15, -0.1) is 0 Å². The Morgan fingerprint density at radius 2 is 1.53 bits per heavy atom. The highest BCUT2D eigenvalue weighted by Crippen LogP contribution is 2.30. The van der Waals surface area contributed by atoms with E-state index in [1.165, 1.54) is 6.07 Å². The molecular formula is C25H18F2N2O. The highest BCUT2D eigenvalue weighted by Gasteiger charge is 2.17. The van der Waals surface area contributed by atoms with Crippen molar-refractivity contribution in [2.75, 3.05) is 5.32 Å². The van der Waals surface area contributed by atoms with Gasteiger partial charge in [0.1, 0.15) is 17.2 Å². The van der Waals surface area contributed by atoms with Crippen molar-refractivity contribution in [1.82, 2.24) is 4.98 Å². The van der Waals surface area contributed by atoms with E-state index in [2.05, 4.69) is 16.4 Å². The SMILES string of the molecule is Cc1ccc(-c2cccnc2)cc1-c1ccc(NC(=O)c2c(F)cccc2F)cc1. The third kappa shape index (κ3) is 3.96. The smallest absolute Gasteiger partial charge is 0.261 e.